The van der Waals surface area contributed by atoms with Crippen LogP contribution < -0.4 is 16.2 Å². The molecule has 1 atom stereocenters. The highest BCUT2D eigenvalue weighted by atomic mass is 32.2. The molecule has 10 nitrogen and oxygen atoms in total. The van der Waals surface area contributed by atoms with Gasteiger partial charge in [0, 0.05) is 18.7 Å². The van der Waals surface area contributed by atoms with Crippen LogP contribution in [-0.2, 0) is 16.9 Å². The minimum absolute atomic E-state index is 0.155. The molecule has 3 heterocycles. The predicted molar refractivity (Wildman–Crippen MR) is 127 cm³/mol. The Morgan fingerprint density at radius 1 is 1.21 bits per heavy atom. The average molecular weight is 482 g/mol. The van der Waals surface area contributed by atoms with Crippen LogP contribution in [-0.4, -0.2) is 46.6 Å². The van der Waals surface area contributed by atoms with Gasteiger partial charge in [-0.15, -0.1) is 0 Å². The molecule has 0 radical (unpaired) electrons. The van der Waals surface area contributed by atoms with Crippen LogP contribution in [0.25, 0.3) is 10.9 Å². The number of rotatable bonds is 5. The van der Waals surface area contributed by atoms with Gasteiger partial charge >= 0.3 is 0 Å². The summed E-state index contributed by atoms with van der Waals surface area (Å²) in [4.78, 5) is 45.8. The number of nitrogens with one attached hydrogen (secondary N) is 3. The molecular formula is C23H23N5O5S. The molecule has 1 aliphatic heterocycles. The summed E-state index contributed by atoms with van der Waals surface area (Å²) in [6.07, 6.45) is 7.62. The van der Waals surface area contributed by atoms with Gasteiger partial charge in [0.05, 0.1) is 29.2 Å². The molecule has 0 unspecified atom stereocenters. The van der Waals surface area contributed by atoms with Crippen LogP contribution >= 0.6 is 0 Å². The molecule has 2 aromatic heterocycles. The number of amides is 2. The number of H-pyrrole nitrogens is 1. The molecule has 11 heteroatoms. The highest BCUT2D eigenvalue weighted by molar-refractivity contribution is 7.94. The Morgan fingerprint density at radius 3 is 2.62 bits per heavy atom. The number of nitrogens with zero attached hydrogens (tertiary/aromatic N) is 2. The molecular weight excluding hydrogens is 458 g/mol. The van der Waals surface area contributed by atoms with E-state index in [0.29, 0.717) is 22.3 Å². The van der Waals surface area contributed by atoms with E-state index in [-0.39, 0.29) is 23.1 Å². The zero-order valence-corrected chi connectivity index (χ0v) is 19.2. The van der Waals surface area contributed by atoms with Gasteiger partial charge in [0.15, 0.2) is 15.7 Å². The monoisotopic (exact) mass is 481 g/mol. The number of aryl methyl sites for hydroxylation is 1. The summed E-state index contributed by atoms with van der Waals surface area (Å²) < 4.78 is 24.9. The van der Waals surface area contributed by atoms with Gasteiger partial charge in [-0.3, -0.25) is 14.4 Å². The summed E-state index contributed by atoms with van der Waals surface area (Å²) in [6, 6.07) is 4.38. The standard InChI is InChI=1S/C23H23N5O5S/c1-28-10-18(24-12-28)26-23(31)19-16(13-3-2-4-13)6-5-14-9-17(22(30)27-20(14)19)21(29)25-15-7-8-34(32,33)11-15/h5-10,12-13,15H,2-4,11H2,1H3,(H,25,29)(H,26,31)(H,27,30)/t15-/m1/s1. The molecule has 1 fully saturated rings. The quantitative estimate of drug-likeness (QED) is 0.507. The van der Waals surface area contributed by atoms with E-state index < -0.39 is 27.3 Å². The maximum absolute atomic E-state index is 13.3. The number of anilines is 1. The van der Waals surface area contributed by atoms with Crippen molar-refractivity contribution >= 4 is 38.4 Å². The number of carbonyl (C=O) groups is 2. The van der Waals surface area contributed by atoms with Crippen LogP contribution in [0.15, 0.2) is 47.0 Å². The van der Waals surface area contributed by atoms with E-state index in [9.17, 15) is 22.8 Å². The largest absolute Gasteiger partial charge is 0.345 e. The number of benzene rings is 1. The zero-order valence-electron chi connectivity index (χ0n) is 18.4. The van der Waals surface area contributed by atoms with Gasteiger partial charge in [0.25, 0.3) is 17.4 Å². The summed E-state index contributed by atoms with van der Waals surface area (Å²) >= 11 is 0. The summed E-state index contributed by atoms with van der Waals surface area (Å²) in [5, 5.41) is 6.93. The Kier molecular flexibility index (Phi) is 5.35. The summed E-state index contributed by atoms with van der Waals surface area (Å²) in [5.74, 6) is -0.705. The van der Waals surface area contributed by atoms with Gasteiger partial charge in [-0.25, -0.2) is 13.4 Å². The number of aromatic amines is 1. The second-order valence-corrected chi connectivity index (χ2v) is 10.7. The van der Waals surface area contributed by atoms with Crippen molar-refractivity contribution in [3.63, 3.8) is 0 Å². The molecule has 1 aliphatic carbocycles. The third-order valence-corrected chi connectivity index (χ3v) is 7.66. The highest BCUT2D eigenvalue weighted by Crippen LogP contribution is 2.39. The van der Waals surface area contributed by atoms with E-state index in [0.717, 1.165) is 30.2 Å². The second kappa shape index (κ2) is 8.24. The van der Waals surface area contributed by atoms with Crippen molar-refractivity contribution in [1.29, 1.82) is 0 Å². The van der Waals surface area contributed by atoms with E-state index in [4.69, 9.17) is 0 Å². The predicted octanol–water partition coefficient (Wildman–Crippen LogP) is 1.82. The Balaban J connectivity index is 1.53. The maximum atomic E-state index is 13.3. The maximum Gasteiger partial charge on any atom is 0.261 e. The van der Waals surface area contributed by atoms with Crippen molar-refractivity contribution in [1.82, 2.24) is 19.9 Å². The zero-order chi connectivity index (χ0) is 24.0. The molecule has 34 heavy (non-hydrogen) atoms. The van der Waals surface area contributed by atoms with Crippen LogP contribution in [0.3, 0.4) is 0 Å². The van der Waals surface area contributed by atoms with Crippen LogP contribution in [0.2, 0.25) is 0 Å². The molecule has 2 aliphatic rings. The first-order valence-corrected chi connectivity index (χ1v) is 12.6. The first-order chi connectivity index (χ1) is 16.2. The Hall–Kier alpha value is -3.73. The topological polar surface area (TPSA) is 143 Å². The second-order valence-electron chi connectivity index (χ2n) is 8.75. The van der Waals surface area contributed by atoms with E-state index >= 15 is 0 Å². The van der Waals surface area contributed by atoms with Gasteiger partial charge in [-0.1, -0.05) is 18.6 Å². The number of aromatic nitrogens is 3. The molecule has 0 saturated heterocycles. The minimum atomic E-state index is -3.35. The van der Waals surface area contributed by atoms with Crippen LogP contribution in [0.5, 0.6) is 0 Å². The Morgan fingerprint density at radius 2 is 2.00 bits per heavy atom. The van der Waals surface area contributed by atoms with E-state index in [1.807, 2.05) is 6.07 Å². The number of imidazole rings is 1. The normalized spacial score (nSPS) is 19.1. The first-order valence-electron chi connectivity index (χ1n) is 10.9. The summed E-state index contributed by atoms with van der Waals surface area (Å²) in [7, 11) is -1.56. The number of carbonyl (C=O) groups excluding carboxylic acids is 2. The summed E-state index contributed by atoms with van der Waals surface area (Å²) in [5.41, 5.74) is 0.746. The van der Waals surface area contributed by atoms with Gasteiger partial charge in [-0.05, 0) is 41.9 Å². The van der Waals surface area contributed by atoms with E-state index in [2.05, 4.69) is 20.6 Å². The van der Waals surface area contributed by atoms with Gasteiger partial charge in [0.1, 0.15) is 5.56 Å². The first kappa shape index (κ1) is 22.1. The molecule has 3 aromatic rings. The van der Waals surface area contributed by atoms with E-state index in [1.54, 1.807) is 30.2 Å². The highest BCUT2D eigenvalue weighted by Gasteiger charge is 2.28. The molecule has 5 rings (SSSR count). The van der Waals surface area contributed by atoms with Crippen molar-refractivity contribution in [2.24, 2.45) is 7.05 Å². The van der Waals surface area contributed by atoms with Gasteiger partial charge in [-0.2, -0.15) is 0 Å². The van der Waals surface area contributed by atoms with Gasteiger partial charge < -0.3 is 20.2 Å². The van der Waals surface area contributed by atoms with Crippen molar-refractivity contribution in [3.05, 3.63) is 69.3 Å². The smallest absolute Gasteiger partial charge is 0.261 e. The number of fused-ring (bicyclic) bond motifs is 1. The van der Waals surface area contributed by atoms with Crippen LogP contribution in [0.4, 0.5) is 5.82 Å². The number of pyridine rings is 1. The third kappa shape index (κ3) is 4.14. The lowest BCUT2D eigenvalue weighted by molar-refractivity contribution is 0.0945. The molecule has 1 saturated carbocycles. The summed E-state index contributed by atoms with van der Waals surface area (Å²) in [6.45, 7) is 0. The number of hydrogen-bond donors (Lipinski definition) is 3. The lowest BCUT2D eigenvalue weighted by atomic mass is 9.77. The van der Waals surface area contributed by atoms with Gasteiger partial charge in [0.2, 0.25) is 0 Å². The van der Waals surface area contributed by atoms with Crippen molar-refractivity contribution < 1.29 is 18.0 Å². The number of sulfone groups is 1. The van der Waals surface area contributed by atoms with Crippen LogP contribution in [0, 0.1) is 0 Å². The lowest BCUT2D eigenvalue weighted by Crippen LogP contribution is -2.38. The molecule has 176 valence electrons. The van der Waals surface area contributed by atoms with Crippen LogP contribution in [0.1, 0.15) is 51.5 Å². The fourth-order valence-corrected chi connectivity index (χ4v) is 5.57. The third-order valence-electron chi connectivity index (χ3n) is 6.26. The van der Waals surface area contributed by atoms with Crippen molar-refractivity contribution in [2.75, 3.05) is 11.1 Å². The molecule has 2 amide bonds. The fraction of sp³-hybridized carbons (Fsp3) is 0.304. The molecule has 0 spiro atoms. The average Bonchev–Trinajstić information content (AvgIpc) is 3.29. The number of hydrogen-bond acceptors (Lipinski definition) is 6. The molecule has 0 bridgehead atoms. The minimum Gasteiger partial charge on any atom is -0.345 e. The Labute approximate surface area is 195 Å². The van der Waals surface area contributed by atoms with Crippen molar-refractivity contribution in [3.8, 4) is 0 Å². The van der Waals surface area contributed by atoms with E-state index in [1.165, 1.54) is 12.1 Å². The lowest BCUT2D eigenvalue weighted by Gasteiger charge is -2.28. The molecule has 3 N–H and O–H groups in total. The molecule has 1 aromatic carbocycles. The Bertz CT molecular complexity index is 1510. The SMILES string of the molecule is Cn1cnc(NC(=O)c2c(C3CCC3)ccc3cc(C(=O)N[C@@H]4C=CS(=O)(=O)C4)c(=O)[nH]c23)c1. The van der Waals surface area contributed by atoms with Crippen molar-refractivity contribution in [2.45, 2.75) is 31.2 Å². The fourth-order valence-electron chi connectivity index (χ4n) is 4.33.